The van der Waals surface area contributed by atoms with Crippen molar-refractivity contribution < 1.29 is 14.0 Å². The van der Waals surface area contributed by atoms with Gasteiger partial charge < -0.3 is 10.6 Å². The first-order chi connectivity index (χ1) is 12.0. The van der Waals surface area contributed by atoms with E-state index in [1.54, 1.807) is 17.4 Å². The molecular weight excluding hydrogens is 359 g/mol. The molecule has 2 N–H and O–H groups in total. The number of aryl methyl sites for hydroxylation is 1. The summed E-state index contributed by atoms with van der Waals surface area (Å²) >= 11 is 2.78. The lowest BCUT2D eigenvalue weighted by Crippen LogP contribution is -2.21. The number of rotatable bonds is 5. The standard InChI is InChI=1S/C18H15FN2O2S2/c1-11-8-15(21-17(22)12-4-2-5-13(19)9-12)25-16(11)18(23)20-10-14-6-3-7-24-14/h2-9H,10H2,1H3,(H,20,23)(H,21,22). The summed E-state index contributed by atoms with van der Waals surface area (Å²) in [5.74, 6) is -1.06. The van der Waals surface area contributed by atoms with Crippen molar-refractivity contribution in [3.05, 3.63) is 74.5 Å². The molecule has 3 aromatic rings. The largest absolute Gasteiger partial charge is 0.346 e. The Morgan fingerprint density at radius 3 is 2.68 bits per heavy atom. The highest BCUT2D eigenvalue weighted by Crippen LogP contribution is 2.27. The Labute approximate surface area is 152 Å². The maximum absolute atomic E-state index is 13.2. The molecule has 3 rings (SSSR count). The number of carbonyl (C=O) groups is 2. The minimum absolute atomic E-state index is 0.179. The van der Waals surface area contributed by atoms with Crippen molar-refractivity contribution in [2.24, 2.45) is 0 Å². The van der Waals surface area contributed by atoms with E-state index < -0.39 is 11.7 Å². The lowest BCUT2D eigenvalue weighted by atomic mass is 10.2. The van der Waals surface area contributed by atoms with Crippen LogP contribution in [0.25, 0.3) is 0 Å². The topological polar surface area (TPSA) is 58.2 Å². The lowest BCUT2D eigenvalue weighted by Gasteiger charge is -2.03. The summed E-state index contributed by atoms with van der Waals surface area (Å²) in [6.07, 6.45) is 0. The fourth-order valence-electron chi connectivity index (χ4n) is 2.24. The van der Waals surface area contributed by atoms with Gasteiger partial charge in [-0.1, -0.05) is 12.1 Å². The Morgan fingerprint density at radius 1 is 1.12 bits per heavy atom. The van der Waals surface area contributed by atoms with Crippen LogP contribution >= 0.6 is 22.7 Å². The van der Waals surface area contributed by atoms with E-state index in [-0.39, 0.29) is 11.5 Å². The summed E-state index contributed by atoms with van der Waals surface area (Å²) in [5, 5.41) is 8.08. The van der Waals surface area contributed by atoms with Crippen molar-refractivity contribution in [2.75, 3.05) is 5.32 Å². The average Bonchev–Trinajstić information content (AvgIpc) is 3.22. The van der Waals surface area contributed by atoms with E-state index in [2.05, 4.69) is 10.6 Å². The molecule has 0 spiro atoms. The van der Waals surface area contributed by atoms with Gasteiger partial charge in [-0.05, 0) is 48.2 Å². The fraction of sp³-hybridized carbons (Fsp3) is 0.111. The van der Waals surface area contributed by atoms with E-state index in [0.29, 0.717) is 16.4 Å². The number of amides is 2. The van der Waals surface area contributed by atoms with Crippen molar-refractivity contribution in [3.8, 4) is 0 Å². The van der Waals surface area contributed by atoms with E-state index >= 15 is 0 Å². The second-order valence-electron chi connectivity index (χ2n) is 5.35. The lowest BCUT2D eigenvalue weighted by molar-refractivity contribution is 0.0954. The summed E-state index contributed by atoms with van der Waals surface area (Å²) in [7, 11) is 0. The van der Waals surface area contributed by atoms with Crippen LogP contribution in [0.3, 0.4) is 0 Å². The van der Waals surface area contributed by atoms with E-state index in [1.165, 1.54) is 35.6 Å². The van der Waals surface area contributed by atoms with E-state index in [4.69, 9.17) is 0 Å². The highest BCUT2D eigenvalue weighted by atomic mass is 32.1. The minimum Gasteiger partial charge on any atom is -0.346 e. The van der Waals surface area contributed by atoms with Gasteiger partial charge in [0.15, 0.2) is 0 Å². The quantitative estimate of drug-likeness (QED) is 0.694. The number of nitrogens with one attached hydrogen (secondary N) is 2. The third-order valence-corrected chi connectivity index (χ3v) is 5.48. The van der Waals surface area contributed by atoms with Gasteiger partial charge in [0.1, 0.15) is 5.82 Å². The van der Waals surface area contributed by atoms with Crippen LogP contribution in [-0.2, 0) is 6.54 Å². The number of anilines is 1. The van der Waals surface area contributed by atoms with Gasteiger partial charge in [-0.2, -0.15) is 0 Å². The van der Waals surface area contributed by atoms with Crippen LogP contribution in [-0.4, -0.2) is 11.8 Å². The van der Waals surface area contributed by atoms with Crippen LogP contribution in [0.1, 0.15) is 30.5 Å². The monoisotopic (exact) mass is 374 g/mol. The summed E-state index contributed by atoms with van der Waals surface area (Å²) in [5.41, 5.74) is 1.01. The molecule has 0 aliphatic heterocycles. The summed E-state index contributed by atoms with van der Waals surface area (Å²) in [4.78, 5) is 26.1. The van der Waals surface area contributed by atoms with Crippen molar-refractivity contribution in [2.45, 2.75) is 13.5 Å². The van der Waals surface area contributed by atoms with Gasteiger partial charge in [0.05, 0.1) is 16.4 Å². The minimum atomic E-state index is -0.469. The molecule has 2 amide bonds. The molecule has 0 saturated carbocycles. The molecule has 128 valence electrons. The van der Waals surface area contributed by atoms with Crippen molar-refractivity contribution in [1.82, 2.24) is 5.32 Å². The molecule has 2 aromatic heterocycles. The molecule has 0 saturated heterocycles. The molecule has 1 aromatic carbocycles. The Hall–Kier alpha value is -2.51. The van der Waals surface area contributed by atoms with Gasteiger partial charge in [-0.15, -0.1) is 22.7 Å². The number of hydrogen-bond donors (Lipinski definition) is 2. The zero-order valence-electron chi connectivity index (χ0n) is 13.3. The predicted molar refractivity (Wildman–Crippen MR) is 98.9 cm³/mol. The molecule has 2 heterocycles. The van der Waals surface area contributed by atoms with Crippen LogP contribution < -0.4 is 10.6 Å². The number of thiophene rings is 2. The number of hydrogen-bond acceptors (Lipinski definition) is 4. The Balaban J connectivity index is 1.67. The summed E-state index contributed by atoms with van der Waals surface area (Å²) in [6.45, 7) is 2.28. The molecule has 0 bridgehead atoms. The van der Waals surface area contributed by atoms with E-state index in [0.717, 1.165) is 10.4 Å². The maximum atomic E-state index is 13.2. The first-order valence-corrected chi connectivity index (χ1v) is 9.20. The zero-order chi connectivity index (χ0) is 17.8. The molecule has 0 aliphatic carbocycles. The van der Waals surface area contributed by atoms with Gasteiger partial charge in [0, 0.05) is 10.4 Å². The molecule has 25 heavy (non-hydrogen) atoms. The summed E-state index contributed by atoms with van der Waals surface area (Å²) in [6, 6.07) is 11.1. The van der Waals surface area contributed by atoms with Crippen molar-refractivity contribution >= 4 is 39.5 Å². The van der Waals surface area contributed by atoms with Gasteiger partial charge in [0.2, 0.25) is 0 Å². The number of benzene rings is 1. The molecule has 0 aliphatic rings. The third-order valence-electron chi connectivity index (χ3n) is 3.45. The molecule has 0 atom stereocenters. The molecular formula is C18H15FN2O2S2. The third kappa shape index (κ3) is 4.32. The Morgan fingerprint density at radius 2 is 1.96 bits per heavy atom. The molecule has 0 radical (unpaired) electrons. The van der Waals surface area contributed by atoms with E-state index in [9.17, 15) is 14.0 Å². The molecule has 7 heteroatoms. The molecule has 4 nitrogen and oxygen atoms in total. The van der Waals surface area contributed by atoms with Gasteiger partial charge in [-0.25, -0.2) is 4.39 Å². The first-order valence-electron chi connectivity index (χ1n) is 7.51. The second kappa shape index (κ2) is 7.58. The normalized spacial score (nSPS) is 10.5. The van der Waals surface area contributed by atoms with Crippen LogP contribution in [0.15, 0.2) is 47.8 Å². The second-order valence-corrected chi connectivity index (χ2v) is 7.43. The Kier molecular flexibility index (Phi) is 5.25. The predicted octanol–water partition coefficient (Wildman–Crippen LogP) is 4.44. The van der Waals surface area contributed by atoms with E-state index in [1.807, 2.05) is 24.4 Å². The van der Waals surface area contributed by atoms with Crippen molar-refractivity contribution in [3.63, 3.8) is 0 Å². The number of carbonyl (C=O) groups excluding carboxylic acids is 2. The van der Waals surface area contributed by atoms with Gasteiger partial charge in [0.25, 0.3) is 11.8 Å². The van der Waals surface area contributed by atoms with Gasteiger partial charge >= 0.3 is 0 Å². The fourth-order valence-corrected chi connectivity index (χ4v) is 3.87. The van der Waals surface area contributed by atoms with Crippen LogP contribution in [0, 0.1) is 12.7 Å². The van der Waals surface area contributed by atoms with Crippen molar-refractivity contribution in [1.29, 1.82) is 0 Å². The smallest absolute Gasteiger partial charge is 0.261 e. The number of halogens is 1. The zero-order valence-corrected chi connectivity index (χ0v) is 15.0. The molecule has 0 fully saturated rings. The maximum Gasteiger partial charge on any atom is 0.261 e. The first kappa shape index (κ1) is 17.3. The summed E-state index contributed by atoms with van der Waals surface area (Å²) < 4.78 is 13.2. The highest BCUT2D eigenvalue weighted by Gasteiger charge is 2.15. The molecule has 0 unspecified atom stereocenters. The van der Waals surface area contributed by atoms with Crippen LogP contribution in [0.2, 0.25) is 0 Å². The Bertz CT molecular complexity index is 904. The highest BCUT2D eigenvalue weighted by molar-refractivity contribution is 7.18. The average molecular weight is 374 g/mol. The van der Waals surface area contributed by atoms with Gasteiger partial charge in [-0.3, -0.25) is 9.59 Å². The SMILES string of the molecule is Cc1cc(NC(=O)c2cccc(F)c2)sc1C(=O)NCc1cccs1. The van der Waals surface area contributed by atoms with Crippen LogP contribution in [0.5, 0.6) is 0 Å². The van der Waals surface area contributed by atoms with Crippen LogP contribution in [0.4, 0.5) is 9.39 Å².